The molecule has 6 nitrogen and oxygen atoms in total. The van der Waals surface area contributed by atoms with Crippen molar-refractivity contribution in [1.29, 1.82) is 0 Å². The predicted molar refractivity (Wildman–Crippen MR) is 110 cm³/mol. The molecule has 1 atom stereocenters. The molecule has 0 aliphatic heterocycles. The van der Waals surface area contributed by atoms with Gasteiger partial charge in [0.2, 0.25) is 0 Å². The largest absolute Gasteiger partial charge is 0.493 e. The maximum absolute atomic E-state index is 11.9. The van der Waals surface area contributed by atoms with Gasteiger partial charge in [-0.05, 0) is 35.6 Å². The van der Waals surface area contributed by atoms with Crippen LogP contribution in [0.15, 0.2) is 54.6 Å². The van der Waals surface area contributed by atoms with Gasteiger partial charge in [-0.15, -0.1) is 0 Å². The SMILES string of the molecule is CC(C)COc1ccc(CCNC(=O)C(=O)NCC(N)c2ccccc2)cc1. The number of hydrogen-bond acceptors (Lipinski definition) is 4. The maximum atomic E-state index is 11.9. The van der Waals surface area contributed by atoms with Crippen molar-refractivity contribution >= 4 is 11.8 Å². The third kappa shape index (κ3) is 7.40. The van der Waals surface area contributed by atoms with Gasteiger partial charge in [0, 0.05) is 19.1 Å². The molecule has 0 bridgehead atoms. The number of carbonyl (C=O) groups is 2. The minimum absolute atomic E-state index is 0.202. The van der Waals surface area contributed by atoms with E-state index in [0.29, 0.717) is 25.5 Å². The fraction of sp³-hybridized carbons (Fsp3) is 0.364. The molecule has 0 fully saturated rings. The van der Waals surface area contributed by atoms with Crippen molar-refractivity contribution in [2.45, 2.75) is 26.3 Å². The van der Waals surface area contributed by atoms with Crippen molar-refractivity contribution in [3.8, 4) is 5.75 Å². The van der Waals surface area contributed by atoms with E-state index >= 15 is 0 Å². The van der Waals surface area contributed by atoms with E-state index in [-0.39, 0.29) is 12.6 Å². The fourth-order valence-corrected chi connectivity index (χ4v) is 2.52. The number of benzene rings is 2. The lowest BCUT2D eigenvalue weighted by molar-refractivity contribution is -0.139. The summed E-state index contributed by atoms with van der Waals surface area (Å²) in [5.74, 6) is -0.0279. The molecule has 1 unspecified atom stereocenters. The van der Waals surface area contributed by atoms with Crippen LogP contribution in [0.1, 0.15) is 31.0 Å². The molecule has 0 aliphatic carbocycles. The highest BCUT2D eigenvalue weighted by molar-refractivity contribution is 6.35. The van der Waals surface area contributed by atoms with E-state index in [0.717, 1.165) is 16.9 Å². The highest BCUT2D eigenvalue weighted by atomic mass is 16.5. The van der Waals surface area contributed by atoms with Crippen LogP contribution in [0.3, 0.4) is 0 Å². The molecule has 0 aliphatic rings. The molecule has 4 N–H and O–H groups in total. The van der Waals surface area contributed by atoms with Crippen LogP contribution in [-0.4, -0.2) is 31.5 Å². The molecule has 2 amide bonds. The minimum Gasteiger partial charge on any atom is -0.493 e. The summed E-state index contributed by atoms with van der Waals surface area (Å²) in [7, 11) is 0. The molecule has 28 heavy (non-hydrogen) atoms. The Hall–Kier alpha value is -2.86. The van der Waals surface area contributed by atoms with E-state index in [1.165, 1.54) is 0 Å². The van der Waals surface area contributed by atoms with Crippen molar-refractivity contribution in [1.82, 2.24) is 10.6 Å². The standard InChI is InChI=1S/C22H29N3O3/c1-16(2)15-28-19-10-8-17(9-11-19)12-13-24-21(26)22(27)25-14-20(23)18-6-4-3-5-7-18/h3-11,16,20H,12-15,23H2,1-2H3,(H,24,26)(H,25,27). The van der Waals surface area contributed by atoms with Crippen LogP contribution in [0.25, 0.3) is 0 Å². The zero-order valence-corrected chi connectivity index (χ0v) is 16.5. The van der Waals surface area contributed by atoms with Crippen molar-refractivity contribution < 1.29 is 14.3 Å². The number of hydrogen-bond donors (Lipinski definition) is 3. The number of rotatable bonds is 9. The summed E-state index contributed by atoms with van der Waals surface area (Å²) in [6, 6.07) is 16.8. The Morgan fingerprint density at radius 2 is 1.61 bits per heavy atom. The van der Waals surface area contributed by atoms with E-state index in [1.807, 2.05) is 54.6 Å². The van der Waals surface area contributed by atoms with E-state index in [9.17, 15) is 9.59 Å². The highest BCUT2D eigenvalue weighted by Gasteiger charge is 2.14. The van der Waals surface area contributed by atoms with Crippen LogP contribution in [0.2, 0.25) is 0 Å². The van der Waals surface area contributed by atoms with Crippen molar-refractivity contribution in [3.63, 3.8) is 0 Å². The lowest BCUT2D eigenvalue weighted by Gasteiger charge is -2.13. The smallest absolute Gasteiger partial charge is 0.309 e. The van der Waals surface area contributed by atoms with Gasteiger partial charge in [-0.25, -0.2) is 0 Å². The summed E-state index contributed by atoms with van der Waals surface area (Å²) in [6.45, 7) is 5.46. The average Bonchev–Trinajstić information content (AvgIpc) is 2.71. The van der Waals surface area contributed by atoms with Crippen LogP contribution in [-0.2, 0) is 16.0 Å². The van der Waals surface area contributed by atoms with Gasteiger partial charge in [-0.1, -0.05) is 56.3 Å². The molecule has 6 heteroatoms. The van der Waals surface area contributed by atoms with Gasteiger partial charge in [-0.3, -0.25) is 9.59 Å². The van der Waals surface area contributed by atoms with E-state index in [4.69, 9.17) is 10.5 Å². The second-order valence-electron chi connectivity index (χ2n) is 7.08. The number of amides is 2. The van der Waals surface area contributed by atoms with Crippen LogP contribution < -0.4 is 21.1 Å². The van der Waals surface area contributed by atoms with Crippen molar-refractivity contribution in [2.24, 2.45) is 11.7 Å². The first-order valence-electron chi connectivity index (χ1n) is 9.54. The summed E-state index contributed by atoms with van der Waals surface area (Å²) in [5, 5.41) is 5.19. The molecule has 0 spiro atoms. The minimum atomic E-state index is -0.677. The third-order valence-electron chi connectivity index (χ3n) is 4.12. The van der Waals surface area contributed by atoms with Gasteiger partial charge < -0.3 is 21.1 Å². The molecular formula is C22H29N3O3. The fourth-order valence-electron chi connectivity index (χ4n) is 2.52. The van der Waals surface area contributed by atoms with Crippen LogP contribution >= 0.6 is 0 Å². The van der Waals surface area contributed by atoms with Gasteiger partial charge in [0.25, 0.3) is 0 Å². The first-order valence-corrected chi connectivity index (χ1v) is 9.54. The van der Waals surface area contributed by atoms with Crippen molar-refractivity contribution in [2.75, 3.05) is 19.7 Å². The van der Waals surface area contributed by atoms with Crippen LogP contribution in [0.4, 0.5) is 0 Å². The van der Waals surface area contributed by atoms with Crippen LogP contribution in [0.5, 0.6) is 5.75 Å². The summed E-state index contributed by atoms with van der Waals surface area (Å²) >= 11 is 0. The molecule has 0 radical (unpaired) electrons. The molecule has 0 aromatic heterocycles. The predicted octanol–water partition coefficient (Wildman–Crippen LogP) is 2.20. The third-order valence-corrected chi connectivity index (χ3v) is 4.12. The topological polar surface area (TPSA) is 93.4 Å². The summed E-state index contributed by atoms with van der Waals surface area (Å²) in [6.07, 6.45) is 0.632. The Bertz CT molecular complexity index is 745. The highest BCUT2D eigenvalue weighted by Crippen LogP contribution is 2.13. The number of carbonyl (C=O) groups excluding carboxylic acids is 2. The molecule has 2 aromatic rings. The average molecular weight is 383 g/mol. The number of ether oxygens (including phenoxy) is 1. The molecular weight excluding hydrogens is 354 g/mol. The van der Waals surface area contributed by atoms with Gasteiger partial charge in [0.1, 0.15) is 5.75 Å². The van der Waals surface area contributed by atoms with E-state index in [2.05, 4.69) is 24.5 Å². The number of nitrogens with two attached hydrogens (primary N) is 1. The quantitative estimate of drug-likeness (QED) is 0.579. The van der Waals surface area contributed by atoms with Gasteiger partial charge in [0.05, 0.1) is 6.61 Å². The molecule has 2 aromatic carbocycles. The summed E-state index contributed by atoms with van der Waals surface area (Å²) in [4.78, 5) is 23.8. The Kier molecular flexibility index (Phi) is 8.49. The lowest BCUT2D eigenvalue weighted by atomic mass is 10.1. The van der Waals surface area contributed by atoms with Gasteiger partial charge >= 0.3 is 11.8 Å². The Morgan fingerprint density at radius 1 is 0.964 bits per heavy atom. The number of nitrogens with one attached hydrogen (secondary N) is 2. The molecule has 2 rings (SSSR count). The molecule has 150 valence electrons. The zero-order chi connectivity index (χ0) is 20.4. The molecule has 0 saturated heterocycles. The molecule has 0 heterocycles. The Balaban J connectivity index is 1.68. The maximum Gasteiger partial charge on any atom is 0.309 e. The monoisotopic (exact) mass is 383 g/mol. The van der Waals surface area contributed by atoms with Gasteiger partial charge in [0.15, 0.2) is 0 Å². The Labute approximate surface area is 166 Å². The first-order chi connectivity index (χ1) is 13.5. The normalized spacial score (nSPS) is 11.7. The van der Waals surface area contributed by atoms with Crippen LogP contribution in [0, 0.1) is 5.92 Å². The van der Waals surface area contributed by atoms with Gasteiger partial charge in [-0.2, -0.15) is 0 Å². The van der Waals surface area contributed by atoms with Crippen molar-refractivity contribution in [3.05, 3.63) is 65.7 Å². The Morgan fingerprint density at radius 3 is 2.25 bits per heavy atom. The second kappa shape index (κ2) is 11.1. The summed E-state index contributed by atoms with van der Waals surface area (Å²) < 4.78 is 5.64. The zero-order valence-electron chi connectivity index (χ0n) is 16.5. The van der Waals surface area contributed by atoms with E-state index in [1.54, 1.807) is 0 Å². The lowest BCUT2D eigenvalue weighted by Crippen LogP contribution is -2.43. The first kappa shape index (κ1) is 21.4. The van der Waals surface area contributed by atoms with E-state index < -0.39 is 11.8 Å². The summed E-state index contributed by atoms with van der Waals surface area (Å²) in [5.41, 5.74) is 7.98. The molecule has 0 saturated carbocycles. The second-order valence-corrected chi connectivity index (χ2v) is 7.08.